The summed E-state index contributed by atoms with van der Waals surface area (Å²) >= 11 is 0. The van der Waals surface area contributed by atoms with Crippen molar-refractivity contribution < 1.29 is 28.8 Å². The average Bonchev–Trinajstić information content (AvgIpc) is 3.26. The fourth-order valence-electron chi connectivity index (χ4n) is 5.21. The third-order valence-corrected chi connectivity index (χ3v) is 7.37. The van der Waals surface area contributed by atoms with Crippen LogP contribution in [-0.4, -0.2) is 64.6 Å². The van der Waals surface area contributed by atoms with E-state index in [1.54, 1.807) is 53.7 Å². The topological polar surface area (TPSA) is 180 Å². The molecule has 236 valence electrons. The third-order valence-electron chi connectivity index (χ3n) is 7.37. The van der Waals surface area contributed by atoms with Gasteiger partial charge in [0.25, 0.3) is 11.8 Å². The van der Waals surface area contributed by atoms with E-state index in [9.17, 15) is 28.8 Å². The van der Waals surface area contributed by atoms with Crippen molar-refractivity contribution in [3.05, 3.63) is 42.0 Å². The van der Waals surface area contributed by atoms with Crippen molar-refractivity contribution in [3.8, 4) is 0 Å². The molecule has 1 heterocycles. The van der Waals surface area contributed by atoms with Crippen LogP contribution in [-0.2, 0) is 30.4 Å². The summed E-state index contributed by atoms with van der Waals surface area (Å²) in [4.78, 5) is 77.0. The molecule has 43 heavy (non-hydrogen) atoms. The first kappa shape index (κ1) is 35.0. The van der Waals surface area contributed by atoms with Gasteiger partial charge in [0.1, 0.15) is 12.1 Å². The van der Waals surface area contributed by atoms with E-state index >= 15 is 0 Å². The Kier molecular flexibility index (Phi) is 12.0. The van der Waals surface area contributed by atoms with Crippen LogP contribution in [0.4, 0.5) is 10.5 Å². The summed E-state index contributed by atoms with van der Waals surface area (Å²) in [5.41, 5.74) is 4.78. The normalized spacial score (nSPS) is 14.8. The van der Waals surface area contributed by atoms with E-state index in [1.807, 2.05) is 19.1 Å². The number of aryl methyl sites for hydroxylation is 1. The van der Waals surface area contributed by atoms with E-state index in [2.05, 4.69) is 21.3 Å². The summed E-state index contributed by atoms with van der Waals surface area (Å²) in [6, 6.07) is 4.74. The number of hydrogen-bond donors (Lipinski definition) is 5. The average molecular weight is 599 g/mol. The zero-order chi connectivity index (χ0) is 32.5. The Hall–Kier alpha value is -4.22. The monoisotopic (exact) mass is 598 g/mol. The molecule has 0 unspecified atom stereocenters. The lowest BCUT2D eigenvalue weighted by atomic mass is 9.78. The minimum Gasteiger partial charge on any atom is -0.352 e. The van der Waals surface area contributed by atoms with Gasteiger partial charge < -0.3 is 27.0 Å². The molecule has 0 fully saturated rings. The van der Waals surface area contributed by atoms with Gasteiger partial charge in [0.2, 0.25) is 17.7 Å². The van der Waals surface area contributed by atoms with Crippen LogP contribution in [0.5, 0.6) is 0 Å². The van der Waals surface area contributed by atoms with E-state index < -0.39 is 58.6 Å². The van der Waals surface area contributed by atoms with Crippen LogP contribution in [0.2, 0.25) is 0 Å². The molecule has 0 spiro atoms. The number of nitrogens with one attached hydrogen (secondary N) is 4. The molecule has 0 aliphatic carbocycles. The molecule has 1 aromatic rings. The summed E-state index contributed by atoms with van der Waals surface area (Å²) in [5, 5.41) is 10.9. The van der Waals surface area contributed by atoms with Crippen molar-refractivity contribution in [1.82, 2.24) is 20.9 Å². The first-order valence-corrected chi connectivity index (χ1v) is 14.6. The Bertz CT molecular complexity index is 1220. The van der Waals surface area contributed by atoms with Gasteiger partial charge in [-0.05, 0) is 63.1 Å². The number of amides is 7. The Morgan fingerprint density at radius 3 is 2.00 bits per heavy atom. The molecule has 0 saturated heterocycles. The maximum absolute atomic E-state index is 13.5. The number of anilines is 1. The molecule has 1 aliphatic rings. The Labute approximate surface area is 253 Å². The van der Waals surface area contributed by atoms with Gasteiger partial charge in [0.05, 0.1) is 0 Å². The van der Waals surface area contributed by atoms with Gasteiger partial charge in [-0.15, -0.1) is 0 Å². The summed E-state index contributed by atoms with van der Waals surface area (Å²) in [5.74, 6) is -2.65. The van der Waals surface area contributed by atoms with E-state index in [4.69, 9.17) is 5.73 Å². The molecular weight excluding hydrogens is 552 g/mol. The number of imide groups is 1. The summed E-state index contributed by atoms with van der Waals surface area (Å²) in [6.45, 7) is 12.6. The smallest absolute Gasteiger partial charge is 0.312 e. The molecule has 0 saturated carbocycles. The molecule has 6 N–H and O–H groups in total. The van der Waals surface area contributed by atoms with Crippen LogP contribution in [0.25, 0.3) is 0 Å². The highest BCUT2D eigenvalue weighted by Crippen LogP contribution is 2.34. The molecule has 1 aromatic carbocycles. The molecule has 0 radical (unpaired) electrons. The highest BCUT2D eigenvalue weighted by atomic mass is 16.2. The zero-order valence-corrected chi connectivity index (χ0v) is 26.2. The largest absolute Gasteiger partial charge is 0.352 e. The maximum Gasteiger partial charge on any atom is 0.312 e. The quantitative estimate of drug-likeness (QED) is 0.153. The Morgan fingerprint density at radius 2 is 1.49 bits per heavy atom. The second-order valence-electron chi connectivity index (χ2n) is 12.4. The number of urea groups is 1. The van der Waals surface area contributed by atoms with Gasteiger partial charge in [0, 0.05) is 35.3 Å². The highest BCUT2D eigenvalue weighted by molar-refractivity contribution is 6.13. The van der Waals surface area contributed by atoms with Gasteiger partial charge in [0.15, 0.2) is 0 Å². The lowest BCUT2D eigenvalue weighted by Gasteiger charge is -2.40. The van der Waals surface area contributed by atoms with E-state index in [0.29, 0.717) is 12.1 Å². The summed E-state index contributed by atoms with van der Waals surface area (Å²) in [6.07, 6.45) is 3.96. The highest BCUT2D eigenvalue weighted by Gasteiger charge is 2.44. The third kappa shape index (κ3) is 9.93. The molecule has 0 bridgehead atoms. The van der Waals surface area contributed by atoms with Crippen LogP contribution >= 0.6 is 0 Å². The van der Waals surface area contributed by atoms with Crippen molar-refractivity contribution in [2.45, 2.75) is 91.8 Å². The number of nitrogens with two attached hydrogens (primary N) is 1. The second-order valence-corrected chi connectivity index (χ2v) is 12.4. The van der Waals surface area contributed by atoms with Gasteiger partial charge in [-0.3, -0.25) is 28.9 Å². The number of carbonyl (C=O) groups is 6. The lowest BCUT2D eigenvalue weighted by molar-refractivity contribution is -0.146. The van der Waals surface area contributed by atoms with Crippen molar-refractivity contribution >= 4 is 41.3 Å². The standard InChI is InChI=1S/C31H46N6O6/c1-8-20-11-13-21(14-12-20)34-26(40)22(10-9-17-33-29(32)43)35-27(41)25(19(2)3)36-28(42)30(4,5)18-31(6,7)37-23(38)15-16-24(37)39/h11-16,19,22,25H,8-10,17-18H2,1-7H3,(H,34,40)(H,35,41)(H,36,42)(H3,32,33,43)/t22-,25-/m0/s1. The predicted octanol–water partition coefficient (Wildman–Crippen LogP) is 2.38. The molecule has 2 rings (SSSR count). The van der Waals surface area contributed by atoms with Crippen molar-refractivity contribution in [3.63, 3.8) is 0 Å². The van der Waals surface area contributed by atoms with Crippen LogP contribution in [0.15, 0.2) is 36.4 Å². The number of hydrogen-bond acceptors (Lipinski definition) is 6. The van der Waals surface area contributed by atoms with Gasteiger partial charge >= 0.3 is 6.03 Å². The fourth-order valence-corrected chi connectivity index (χ4v) is 5.21. The predicted molar refractivity (Wildman–Crippen MR) is 163 cm³/mol. The molecular formula is C31H46N6O6. The minimum absolute atomic E-state index is 0.145. The molecule has 12 nitrogen and oxygen atoms in total. The molecule has 2 atom stereocenters. The van der Waals surface area contributed by atoms with Crippen molar-refractivity contribution in [2.75, 3.05) is 11.9 Å². The van der Waals surface area contributed by atoms with Gasteiger partial charge in [-0.1, -0.05) is 46.8 Å². The molecule has 0 aromatic heterocycles. The van der Waals surface area contributed by atoms with Gasteiger partial charge in [-0.25, -0.2) is 4.79 Å². The van der Waals surface area contributed by atoms with Crippen LogP contribution in [0.1, 0.15) is 73.3 Å². The van der Waals surface area contributed by atoms with Crippen LogP contribution in [0.3, 0.4) is 0 Å². The SMILES string of the molecule is CCc1ccc(NC(=O)[C@H](CCCNC(N)=O)NC(=O)[C@@H](NC(=O)C(C)(C)CC(C)(C)N2C(=O)C=CC2=O)C(C)C)cc1. The first-order valence-electron chi connectivity index (χ1n) is 14.6. The zero-order valence-electron chi connectivity index (χ0n) is 26.2. The second kappa shape index (κ2) is 14.8. The Balaban J connectivity index is 2.16. The van der Waals surface area contributed by atoms with E-state index in [0.717, 1.165) is 16.9 Å². The lowest BCUT2D eigenvalue weighted by Crippen LogP contribution is -2.57. The summed E-state index contributed by atoms with van der Waals surface area (Å²) < 4.78 is 0. The minimum atomic E-state index is -1.07. The van der Waals surface area contributed by atoms with Crippen molar-refractivity contribution in [1.29, 1.82) is 0 Å². The molecule has 7 amide bonds. The van der Waals surface area contributed by atoms with Crippen molar-refractivity contribution in [2.24, 2.45) is 17.1 Å². The summed E-state index contributed by atoms with van der Waals surface area (Å²) in [7, 11) is 0. The van der Waals surface area contributed by atoms with E-state index in [-0.39, 0.29) is 25.3 Å². The first-order chi connectivity index (χ1) is 20.0. The number of nitrogens with zero attached hydrogens (tertiary/aromatic N) is 1. The number of carbonyl (C=O) groups excluding carboxylic acids is 6. The van der Waals surface area contributed by atoms with Gasteiger partial charge in [-0.2, -0.15) is 0 Å². The van der Waals surface area contributed by atoms with Crippen LogP contribution < -0.4 is 27.0 Å². The van der Waals surface area contributed by atoms with Crippen LogP contribution in [0, 0.1) is 11.3 Å². The number of benzene rings is 1. The number of primary amides is 1. The molecule has 12 heteroatoms. The number of rotatable bonds is 15. The maximum atomic E-state index is 13.5. The Morgan fingerprint density at radius 1 is 0.907 bits per heavy atom. The molecule has 1 aliphatic heterocycles. The van der Waals surface area contributed by atoms with E-state index in [1.165, 1.54) is 12.2 Å². The fraction of sp³-hybridized carbons (Fsp3) is 0.548.